The van der Waals surface area contributed by atoms with E-state index in [1.165, 1.54) is 7.11 Å². The van der Waals surface area contributed by atoms with Crippen LogP contribution in [0.25, 0.3) is 0 Å². The molecule has 5 heteroatoms. The molecule has 0 aliphatic rings. The number of carbonyl (C=O) groups is 2. The van der Waals surface area contributed by atoms with E-state index in [2.05, 4.69) is 26.0 Å². The van der Waals surface area contributed by atoms with E-state index in [-0.39, 0.29) is 17.3 Å². The lowest BCUT2D eigenvalue weighted by molar-refractivity contribution is -0.141. The number of halogens is 1. The molecule has 0 aliphatic heterocycles. The number of nitrogens with one attached hydrogen (secondary N) is 1. The lowest BCUT2D eigenvalue weighted by Crippen LogP contribution is -2.34. The molecule has 1 amide bonds. The Hall–Kier alpha value is -0.580. The molecule has 64 valence electrons. The predicted molar refractivity (Wildman–Crippen MR) is 43.4 cm³/mol. The topological polar surface area (TPSA) is 55.4 Å². The van der Waals surface area contributed by atoms with Gasteiger partial charge in [0.15, 0.2) is 0 Å². The van der Waals surface area contributed by atoms with Crippen molar-refractivity contribution in [2.75, 3.05) is 13.7 Å². The summed E-state index contributed by atoms with van der Waals surface area (Å²) >= 11 is 3.05. The highest BCUT2D eigenvalue weighted by Gasteiger charge is 2.09. The first-order chi connectivity index (χ1) is 5.07. The van der Waals surface area contributed by atoms with Crippen LogP contribution in [0.1, 0.15) is 6.92 Å². The van der Waals surface area contributed by atoms with E-state index in [0.29, 0.717) is 0 Å². The Kier molecular flexibility index (Phi) is 4.85. The van der Waals surface area contributed by atoms with Crippen LogP contribution >= 0.6 is 15.9 Å². The molecule has 0 aromatic heterocycles. The molecular weight excluding hydrogens is 214 g/mol. The first-order valence-electron chi connectivity index (χ1n) is 3.06. The van der Waals surface area contributed by atoms with Crippen LogP contribution in [0.15, 0.2) is 0 Å². The lowest BCUT2D eigenvalue weighted by Gasteiger charge is -2.03. The summed E-state index contributed by atoms with van der Waals surface area (Å²) in [5, 5.41) is 2.37. The van der Waals surface area contributed by atoms with Crippen LogP contribution < -0.4 is 5.32 Å². The highest BCUT2D eigenvalue weighted by molar-refractivity contribution is 9.10. The molecule has 0 aliphatic carbocycles. The molecule has 0 fully saturated rings. The van der Waals surface area contributed by atoms with Crippen LogP contribution in [0.3, 0.4) is 0 Å². The Balaban J connectivity index is 3.54. The summed E-state index contributed by atoms with van der Waals surface area (Å²) in [6.45, 7) is 1.60. The Bertz CT molecular complexity index is 158. The predicted octanol–water partition coefficient (Wildman–Crippen LogP) is 0.0590. The van der Waals surface area contributed by atoms with Gasteiger partial charge in [0.1, 0.15) is 6.54 Å². The first kappa shape index (κ1) is 10.4. The van der Waals surface area contributed by atoms with Gasteiger partial charge in [-0.1, -0.05) is 15.9 Å². The Labute approximate surface area is 73.4 Å². The Morgan fingerprint density at radius 3 is 2.55 bits per heavy atom. The smallest absolute Gasteiger partial charge is 0.325 e. The fourth-order valence-corrected chi connectivity index (χ4v) is 0.534. The number of alkyl halides is 1. The van der Waals surface area contributed by atoms with Crippen molar-refractivity contribution in [2.24, 2.45) is 0 Å². The summed E-state index contributed by atoms with van der Waals surface area (Å²) in [7, 11) is 1.27. The second-order valence-electron chi connectivity index (χ2n) is 1.91. The van der Waals surface area contributed by atoms with Gasteiger partial charge in [0.25, 0.3) is 0 Å². The van der Waals surface area contributed by atoms with Crippen molar-refractivity contribution >= 4 is 27.8 Å². The molecule has 0 saturated carbocycles. The second-order valence-corrected chi connectivity index (χ2v) is 3.28. The average molecular weight is 224 g/mol. The summed E-state index contributed by atoms with van der Waals surface area (Å²) in [4.78, 5) is 21.0. The summed E-state index contributed by atoms with van der Waals surface area (Å²) < 4.78 is 4.31. The van der Waals surface area contributed by atoms with Gasteiger partial charge in [-0.3, -0.25) is 9.59 Å². The van der Waals surface area contributed by atoms with E-state index in [0.717, 1.165) is 0 Å². The number of amides is 1. The summed E-state index contributed by atoms with van der Waals surface area (Å²) in [6.07, 6.45) is 0. The van der Waals surface area contributed by atoms with Crippen LogP contribution in [0, 0.1) is 0 Å². The quantitative estimate of drug-likeness (QED) is 0.544. The van der Waals surface area contributed by atoms with E-state index in [1.807, 2.05) is 0 Å². The highest BCUT2D eigenvalue weighted by Crippen LogP contribution is 1.95. The average Bonchev–Trinajstić information content (AvgIpc) is 1.99. The number of hydrogen-bond acceptors (Lipinski definition) is 3. The molecule has 0 aromatic rings. The molecule has 0 heterocycles. The fraction of sp³-hybridized carbons (Fsp3) is 0.667. The Morgan fingerprint density at radius 1 is 1.64 bits per heavy atom. The van der Waals surface area contributed by atoms with Crippen molar-refractivity contribution in [3.05, 3.63) is 0 Å². The molecule has 0 aromatic carbocycles. The number of esters is 1. The van der Waals surface area contributed by atoms with Gasteiger partial charge in [-0.15, -0.1) is 0 Å². The molecule has 1 N–H and O–H groups in total. The van der Waals surface area contributed by atoms with Crippen molar-refractivity contribution in [3.8, 4) is 0 Å². The van der Waals surface area contributed by atoms with Crippen LogP contribution in [0.4, 0.5) is 0 Å². The van der Waals surface area contributed by atoms with Crippen molar-refractivity contribution in [3.63, 3.8) is 0 Å². The maximum absolute atomic E-state index is 10.8. The van der Waals surface area contributed by atoms with E-state index in [1.54, 1.807) is 6.92 Å². The summed E-state index contributed by atoms with van der Waals surface area (Å²) in [5.74, 6) is -0.679. The lowest BCUT2D eigenvalue weighted by atomic mass is 10.4. The van der Waals surface area contributed by atoms with Crippen molar-refractivity contribution in [1.29, 1.82) is 0 Å². The molecule has 0 bridgehead atoms. The normalized spacial score (nSPS) is 11.9. The van der Waals surface area contributed by atoms with E-state index >= 15 is 0 Å². The third-order valence-corrected chi connectivity index (χ3v) is 1.41. The van der Waals surface area contributed by atoms with Crippen LogP contribution in [-0.4, -0.2) is 30.4 Å². The molecule has 11 heavy (non-hydrogen) atoms. The Morgan fingerprint density at radius 2 is 2.18 bits per heavy atom. The van der Waals surface area contributed by atoms with E-state index in [9.17, 15) is 9.59 Å². The molecule has 4 nitrogen and oxygen atoms in total. The van der Waals surface area contributed by atoms with Gasteiger partial charge in [0, 0.05) is 0 Å². The van der Waals surface area contributed by atoms with Gasteiger partial charge in [-0.05, 0) is 6.92 Å². The largest absolute Gasteiger partial charge is 0.468 e. The third kappa shape index (κ3) is 4.78. The van der Waals surface area contributed by atoms with Crippen molar-refractivity contribution in [2.45, 2.75) is 11.8 Å². The zero-order chi connectivity index (χ0) is 8.85. The van der Waals surface area contributed by atoms with Crippen LogP contribution in [-0.2, 0) is 14.3 Å². The van der Waals surface area contributed by atoms with Gasteiger partial charge < -0.3 is 10.1 Å². The minimum absolute atomic E-state index is 0.0781. The molecule has 0 spiro atoms. The number of carbonyl (C=O) groups excluding carboxylic acids is 2. The number of methoxy groups -OCH3 is 1. The number of hydrogen-bond donors (Lipinski definition) is 1. The van der Waals surface area contributed by atoms with E-state index < -0.39 is 5.97 Å². The van der Waals surface area contributed by atoms with Gasteiger partial charge in [-0.2, -0.15) is 0 Å². The standard InChI is InChI=1S/C6H10BrNO3/c1-4(7)6(10)8-3-5(9)11-2/h4H,3H2,1-2H3,(H,8,10). The SMILES string of the molecule is COC(=O)CNC(=O)C(C)Br. The summed E-state index contributed by atoms with van der Waals surface area (Å²) in [5.41, 5.74) is 0. The minimum Gasteiger partial charge on any atom is -0.468 e. The molecule has 0 rings (SSSR count). The molecule has 1 atom stereocenters. The minimum atomic E-state index is -0.452. The monoisotopic (exact) mass is 223 g/mol. The van der Waals surface area contributed by atoms with Crippen LogP contribution in [0.5, 0.6) is 0 Å². The first-order valence-corrected chi connectivity index (χ1v) is 3.98. The fourth-order valence-electron chi connectivity index (χ4n) is 0.372. The van der Waals surface area contributed by atoms with Gasteiger partial charge in [-0.25, -0.2) is 0 Å². The summed E-state index contributed by atoms with van der Waals surface area (Å²) in [6, 6.07) is 0. The van der Waals surface area contributed by atoms with Gasteiger partial charge in [0.2, 0.25) is 5.91 Å². The maximum Gasteiger partial charge on any atom is 0.325 e. The zero-order valence-electron chi connectivity index (χ0n) is 6.39. The van der Waals surface area contributed by atoms with Gasteiger partial charge in [0.05, 0.1) is 11.9 Å². The van der Waals surface area contributed by atoms with Crippen LogP contribution in [0.2, 0.25) is 0 Å². The van der Waals surface area contributed by atoms with Gasteiger partial charge >= 0.3 is 5.97 Å². The third-order valence-electron chi connectivity index (χ3n) is 0.996. The zero-order valence-corrected chi connectivity index (χ0v) is 7.97. The second kappa shape index (κ2) is 5.12. The van der Waals surface area contributed by atoms with Crippen molar-refractivity contribution < 1.29 is 14.3 Å². The van der Waals surface area contributed by atoms with Crippen molar-refractivity contribution in [1.82, 2.24) is 5.32 Å². The number of rotatable bonds is 3. The highest BCUT2D eigenvalue weighted by atomic mass is 79.9. The molecule has 1 unspecified atom stereocenters. The molecule has 0 radical (unpaired) electrons. The molecular formula is C6H10BrNO3. The van der Waals surface area contributed by atoms with E-state index in [4.69, 9.17) is 0 Å². The number of ether oxygens (including phenoxy) is 1. The molecule has 0 saturated heterocycles. The maximum atomic E-state index is 10.8.